The third-order valence-electron chi connectivity index (χ3n) is 8.22. The van der Waals surface area contributed by atoms with Crippen LogP contribution in [0.1, 0.15) is 142 Å². The van der Waals surface area contributed by atoms with Crippen molar-refractivity contribution in [2.24, 2.45) is 0 Å². The van der Waals surface area contributed by atoms with Gasteiger partial charge in [0.1, 0.15) is 13.1 Å². The van der Waals surface area contributed by atoms with Gasteiger partial charge in [0, 0.05) is 12.8 Å². The largest absolute Gasteiger partial charge is 0.466 e. The maximum atomic E-state index is 12.0. The van der Waals surface area contributed by atoms with E-state index in [4.69, 9.17) is 9.47 Å². The summed E-state index contributed by atoms with van der Waals surface area (Å²) >= 11 is 0. The quantitative estimate of drug-likeness (QED) is 0.0527. The molecule has 0 saturated carbocycles. The number of likely N-dealkylation sites (N-methyl/N-ethyl adjacent to an activating group) is 2. The smallest absolute Gasteiger partial charge is 0.305 e. The average molecular weight is 601 g/mol. The molecule has 0 saturated heterocycles. The second kappa shape index (κ2) is 26.2. The molecule has 0 atom stereocenters. The minimum Gasteiger partial charge on any atom is -0.466 e. The topological polar surface area (TPSA) is 72.8 Å². The Balaban J connectivity index is 3.88. The van der Waals surface area contributed by atoms with Crippen molar-refractivity contribution in [3.8, 4) is 0 Å². The van der Waals surface area contributed by atoms with Crippen LogP contribution in [-0.4, -0.2) is 99.7 Å². The molecule has 7 nitrogen and oxygen atoms in total. The number of esters is 2. The van der Waals surface area contributed by atoms with Crippen molar-refractivity contribution in [2.45, 2.75) is 148 Å². The van der Waals surface area contributed by atoms with Gasteiger partial charge < -0.3 is 23.5 Å². The Morgan fingerprint density at radius 1 is 0.524 bits per heavy atom. The third kappa shape index (κ3) is 27.6. The molecule has 0 heterocycles. The lowest BCUT2D eigenvalue weighted by molar-refractivity contribution is -0.914. The zero-order valence-electron chi connectivity index (χ0n) is 28.9. The van der Waals surface area contributed by atoms with Crippen LogP contribution in [0.4, 0.5) is 0 Å². The second-order valence-electron chi connectivity index (χ2n) is 13.9. The van der Waals surface area contributed by atoms with E-state index in [1.54, 1.807) is 0 Å². The summed E-state index contributed by atoms with van der Waals surface area (Å²) in [7, 11) is 8.65. The van der Waals surface area contributed by atoms with Gasteiger partial charge in [-0.3, -0.25) is 9.59 Å². The molecule has 0 radical (unpaired) electrons. The Kier molecular flexibility index (Phi) is 25.5. The van der Waals surface area contributed by atoms with Gasteiger partial charge in [0.25, 0.3) is 0 Å². The van der Waals surface area contributed by atoms with Gasteiger partial charge in [-0.1, -0.05) is 90.9 Å². The van der Waals surface area contributed by atoms with E-state index >= 15 is 0 Å². The highest BCUT2D eigenvalue weighted by atomic mass is 16.5. The van der Waals surface area contributed by atoms with Gasteiger partial charge in [0.2, 0.25) is 0 Å². The van der Waals surface area contributed by atoms with E-state index in [1.807, 2.05) is 0 Å². The molecule has 0 aliphatic carbocycles. The first-order valence-electron chi connectivity index (χ1n) is 17.6. The number of unbranched alkanes of at least 4 members (excludes halogenated alkanes) is 14. The van der Waals surface area contributed by atoms with Crippen molar-refractivity contribution in [3.05, 3.63) is 0 Å². The van der Waals surface area contributed by atoms with E-state index < -0.39 is 0 Å². The van der Waals surface area contributed by atoms with E-state index in [2.05, 4.69) is 42.0 Å². The predicted octanol–water partition coefficient (Wildman–Crippen LogP) is 7.43. The molecule has 7 heteroatoms. The molecule has 0 aliphatic heterocycles. The van der Waals surface area contributed by atoms with Crippen LogP contribution in [0.25, 0.3) is 0 Å². The zero-order valence-corrected chi connectivity index (χ0v) is 28.9. The van der Waals surface area contributed by atoms with Crippen molar-refractivity contribution in [1.82, 2.24) is 0 Å². The van der Waals surface area contributed by atoms with Gasteiger partial charge in [-0.15, -0.1) is 0 Å². The second-order valence-corrected chi connectivity index (χ2v) is 13.9. The van der Waals surface area contributed by atoms with E-state index in [0.29, 0.717) is 39.1 Å². The van der Waals surface area contributed by atoms with E-state index in [1.165, 1.54) is 64.2 Å². The first-order chi connectivity index (χ1) is 20.0. The minimum atomic E-state index is -0.380. The number of carbonyl (C=O) groups is 2. The molecule has 0 amide bonds. The Morgan fingerprint density at radius 2 is 0.857 bits per heavy atom. The maximum absolute atomic E-state index is 12.0. The molecule has 0 aromatic carbocycles. The number of ether oxygens (including phenoxy) is 2. The highest BCUT2D eigenvalue weighted by molar-refractivity contribution is 5.69. The predicted molar refractivity (Wildman–Crippen MR) is 175 cm³/mol. The lowest BCUT2D eigenvalue weighted by atomic mass is 10.1. The molecule has 0 fully saturated rings. The van der Waals surface area contributed by atoms with Crippen LogP contribution in [-0.2, 0) is 19.1 Å². The summed E-state index contributed by atoms with van der Waals surface area (Å²) in [5.41, 5.74) is 0. The summed E-state index contributed by atoms with van der Waals surface area (Å²) in [6, 6.07) is 0. The van der Waals surface area contributed by atoms with Crippen molar-refractivity contribution in [3.63, 3.8) is 0 Å². The maximum Gasteiger partial charge on any atom is 0.305 e. The molecule has 0 unspecified atom stereocenters. The van der Waals surface area contributed by atoms with Gasteiger partial charge in [0.05, 0.1) is 54.5 Å². The summed E-state index contributed by atoms with van der Waals surface area (Å²) < 4.78 is 12.4. The summed E-state index contributed by atoms with van der Waals surface area (Å²) in [4.78, 5) is 23.9. The molecule has 42 heavy (non-hydrogen) atoms. The molecule has 0 aromatic rings. The Labute approximate surface area is 260 Å². The average Bonchev–Trinajstić information content (AvgIpc) is 2.90. The lowest BCUT2D eigenvalue weighted by Gasteiger charge is -2.36. The Bertz CT molecular complexity index is 599. The highest BCUT2D eigenvalue weighted by Crippen LogP contribution is 2.12. The van der Waals surface area contributed by atoms with Crippen LogP contribution >= 0.6 is 0 Å². The highest BCUT2D eigenvalue weighted by Gasteiger charge is 2.26. The number of aliphatic hydroxyl groups is 1. The third-order valence-corrected chi connectivity index (χ3v) is 8.22. The molecular formula is C35H72N2O5+2. The van der Waals surface area contributed by atoms with Crippen LogP contribution < -0.4 is 0 Å². The van der Waals surface area contributed by atoms with Gasteiger partial charge in [0.15, 0.2) is 6.10 Å². The fourth-order valence-corrected chi connectivity index (χ4v) is 5.63. The normalized spacial score (nSPS) is 12.2. The van der Waals surface area contributed by atoms with Crippen LogP contribution in [0, 0.1) is 0 Å². The van der Waals surface area contributed by atoms with Gasteiger partial charge in [-0.05, 0) is 38.5 Å². The van der Waals surface area contributed by atoms with Crippen LogP contribution in [0.5, 0.6) is 0 Å². The summed E-state index contributed by atoms with van der Waals surface area (Å²) in [5.74, 6) is -0.122. The molecule has 0 aliphatic rings. The Morgan fingerprint density at radius 3 is 1.21 bits per heavy atom. The number of hydrogen-bond acceptors (Lipinski definition) is 5. The molecule has 250 valence electrons. The van der Waals surface area contributed by atoms with Crippen molar-refractivity contribution in [1.29, 1.82) is 0 Å². The standard InChI is InChI=1S/C35H72N2O5/c1-7-9-11-13-15-17-19-25-34(39)41-29-23-21-27-36(3,4)31-33(38)32-37(5,6)28-22-24-30-42-35(40)26-20-18-16-14-12-10-8-2/h33,38H,7-32H2,1-6H3/q+2. The summed E-state index contributed by atoms with van der Waals surface area (Å²) in [6.45, 7) is 8.75. The van der Waals surface area contributed by atoms with Crippen molar-refractivity contribution >= 4 is 11.9 Å². The van der Waals surface area contributed by atoms with Crippen LogP contribution in [0.15, 0.2) is 0 Å². The lowest BCUT2D eigenvalue weighted by Crippen LogP contribution is -2.53. The van der Waals surface area contributed by atoms with Gasteiger partial charge in [-0.25, -0.2) is 0 Å². The number of carbonyl (C=O) groups excluding carboxylic acids is 2. The van der Waals surface area contributed by atoms with Gasteiger partial charge >= 0.3 is 11.9 Å². The number of rotatable bonds is 30. The van der Waals surface area contributed by atoms with E-state index in [9.17, 15) is 14.7 Å². The van der Waals surface area contributed by atoms with Crippen molar-refractivity contribution in [2.75, 3.05) is 67.6 Å². The first kappa shape index (κ1) is 40.8. The summed E-state index contributed by atoms with van der Waals surface area (Å²) in [5, 5.41) is 10.8. The fraction of sp³-hybridized carbons (Fsp3) is 0.943. The molecule has 0 bridgehead atoms. The monoisotopic (exact) mass is 601 g/mol. The van der Waals surface area contributed by atoms with Crippen LogP contribution in [0.3, 0.4) is 0 Å². The van der Waals surface area contributed by atoms with Crippen LogP contribution in [0.2, 0.25) is 0 Å². The van der Waals surface area contributed by atoms with Crippen molar-refractivity contribution < 1.29 is 33.1 Å². The van der Waals surface area contributed by atoms with Gasteiger partial charge in [-0.2, -0.15) is 0 Å². The Hall–Kier alpha value is -1.18. The van der Waals surface area contributed by atoms with E-state index in [-0.39, 0.29) is 18.0 Å². The molecular weight excluding hydrogens is 528 g/mol. The number of hydrogen-bond donors (Lipinski definition) is 1. The molecule has 0 aromatic heterocycles. The number of nitrogens with zero attached hydrogens (tertiary/aromatic N) is 2. The summed E-state index contributed by atoms with van der Waals surface area (Å²) in [6.07, 6.45) is 21.3. The zero-order chi connectivity index (χ0) is 31.5. The fourth-order valence-electron chi connectivity index (χ4n) is 5.63. The molecule has 0 spiro atoms. The van der Waals surface area contributed by atoms with E-state index in [0.717, 1.165) is 73.4 Å². The number of quaternary nitrogens is 2. The number of aliphatic hydroxyl groups excluding tert-OH is 1. The molecule has 1 N–H and O–H groups in total. The SMILES string of the molecule is CCCCCCCCCC(=O)OCCCC[N+](C)(C)CC(O)C[N+](C)(C)CCCCOC(=O)CCCCCCCCC. The minimum absolute atomic E-state index is 0.0608. The first-order valence-corrected chi connectivity index (χ1v) is 17.6. The molecule has 0 rings (SSSR count).